The van der Waals surface area contributed by atoms with Gasteiger partial charge in [-0.2, -0.15) is 5.26 Å². The molecule has 0 aliphatic heterocycles. The Kier molecular flexibility index (Phi) is 2.95. The van der Waals surface area contributed by atoms with Crippen molar-refractivity contribution in [3.63, 3.8) is 0 Å². The molecule has 0 radical (unpaired) electrons. The van der Waals surface area contributed by atoms with Gasteiger partial charge >= 0.3 is 0 Å². The molecule has 1 aromatic heterocycles. The molecule has 0 unspecified atom stereocenters. The minimum atomic E-state index is -2.86. The standard InChI is InChI=1S/C9H7F2N3O/c1-4-5(9(13)15)3-14-6(2-12)7(4)8(10)11/h3,8H,1H3,(H2,13,15). The highest BCUT2D eigenvalue weighted by molar-refractivity contribution is 5.94. The number of pyridine rings is 1. The Bertz CT molecular complexity index is 451. The molecule has 6 heteroatoms. The largest absolute Gasteiger partial charge is 0.366 e. The van der Waals surface area contributed by atoms with Gasteiger partial charge < -0.3 is 5.73 Å². The number of primary amides is 1. The van der Waals surface area contributed by atoms with Crippen LogP contribution in [-0.2, 0) is 0 Å². The summed E-state index contributed by atoms with van der Waals surface area (Å²) in [5.74, 6) is -0.841. The van der Waals surface area contributed by atoms with Gasteiger partial charge in [0, 0.05) is 6.20 Å². The highest BCUT2D eigenvalue weighted by atomic mass is 19.3. The van der Waals surface area contributed by atoms with E-state index in [1.807, 2.05) is 0 Å². The van der Waals surface area contributed by atoms with Crippen LogP contribution in [0, 0.1) is 18.3 Å². The van der Waals surface area contributed by atoms with Gasteiger partial charge in [-0.3, -0.25) is 4.79 Å². The van der Waals surface area contributed by atoms with E-state index in [1.54, 1.807) is 6.07 Å². The second-order valence-electron chi connectivity index (χ2n) is 2.84. The van der Waals surface area contributed by atoms with Gasteiger partial charge in [0.05, 0.1) is 11.1 Å². The summed E-state index contributed by atoms with van der Waals surface area (Å²) < 4.78 is 25.2. The van der Waals surface area contributed by atoms with Crippen LogP contribution in [0.1, 0.15) is 33.6 Å². The molecule has 0 atom stereocenters. The summed E-state index contributed by atoms with van der Waals surface area (Å²) in [6.45, 7) is 1.31. The lowest BCUT2D eigenvalue weighted by Gasteiger charge is -2.08. The predicted octanol–water partition coefficient (Wildman–Crippen LogP) is 1.30. The van der Waals surface area contributed by atoms with Crippen molar-refractivity contribution >= 4 is 5.91 Å². The average molecular weight is 211 g/mol. The zero-order valence-corrected chi connectivity index (χ0v) is 7.79. The number of carbonyl (C=O) groups is 1. The van der Waals surface area contributed by atoms with Gasteiger partial charge in [0.1, 0.15) is 11.8 Å². The lowest BCUT2D eigenvalue weighted by molar-refractivity contribution is 0.0998. The van der Waals surface area contributed by atoms with E-state index in [1.165, 1.54) is 6.92 Å². The number of nitrogens with two attached hydrogens (primary N) is 1. The molecule has 0 fully saturated rings. The number of hydrogen-bond donors (Lipinski definition) is 1. The van der Waals surface area contributed by atoms with Gasteiger partial charge in [0.2, 0.25) is 0 Å². The number of nitriles is 1. The SMILES string of the molecule is Cc1c(C(N)=O)cnc(C#N)c1C(F)F. The molecular formula is C9H7F2N3O. The summed E-state index contributed by atoms with van der Waals surface area (Å²) in [4.78, 5) is 14.3. The summed E-state index contributed by atoms with van der Waals surface area (Å²) in [5.41, 5.74) is 3.96. The molecule has 0 aliphatic rings. The van der Waals surface area contributed by atoms with Crippen molar-refractivity contribution in [2.75, 3.05) is 0 Å². The Morgan fingerprint density at radius 3 is 2.67 bits per heavy atom. The third kappa shape index (κ3) is 1.91. The van der Waals surface area contributed by atoms with Crippen LogP contribution in [0.3, 0.4) is 0 Å². The third-order valence-electron chi connectivity index (χ3n) is 1.98. The normalized spacial score (nSPS) is 10.1. The number of halogens is 2. The Hall–Kier alpha value is -2.03. The minimum Gasteiger partial charge on any atom is -0.366 e. The van der Waals surface area contributed by atoms with E-state index < -0.39 is 17.9 Å². The van der Waals surface area contributed by atoms with Crippen molar-refractivity contribution in [3.05, 3.63) is 28.6 Å². The van der Waals surface area contributed by atoms with Crippen LogP contribution in [0.25, 0.3) is 0 Å². The first-order valence-electron chi connectivity index (χ1n) is 3.96. The molecule has 78 valence electrons. The van der Waals surface area contributed by atoms with Crippen molar-refractivity contribution in [2.24, 2.45) is 5.73 Å². The molecule has 2 N–H and O–H groups in total. The van der Waals surface area contributed by atoms with Crippen LogP contribution in [0.2, 0.25) is 0 Å². The monoisotopic (exact) mass is 211 g/mol. The zero-order valence-electron chi connectivity index (χ0n) is 7.79. The first kappa shape index (κ1) is 11.0. The number of rotatable bonds is 2. The molecular weight excluding hydrogens is 204 g/mol. The van der Waals surface area contributed by atoms with E-state index >= 15 is 0 Å². The van der Waals surface area contributed by atoms with E-state index in [4.69, 9.17) is 11.0 Å². The van der Waals surface area contributed by atoms with Crippen molar-refractivity contribution in [1.82, 2.24) is 4.98 Å². The molecule has 1 amide bonds. The van der Waals surface area contributed by atoms with E-state index in [0.29, 0.717) is 0 Å². The van der Waals surface area contributed by atoms with Crippen LogP contribution in [0.5, 0.6) is 0 Å². The van der Waals surface area contributed by atoms with Gasteiger partial charge in [-0.1, -0.05) is 0 Å². The molecule has 0 saturated carbocycles. The minimum absolute atomic E-state index is 0.00375. The quantitative estimate of drug-likeness (QED) is 0.800. The summed E-state index contributed by atoms with van der Waals surface area (Å²) in [6, 6.07) is 1.54. The molecule has 1 aromatic rings. The Morgan fingerprint density at radius 2 is 2.27 bits per heavy atom. The van der Waals surface area contributed by atoms with Crippen molar-refractivity contribution in [3.8, 4) is 6.07 Å². The van der Waals surface area contributed by atoms with Crippen molar-refractivity contribution in [2.45, 2.75) is 13.3 Å². The molecule has 0 saturated heterocycles. The summed E-state index contributed by atoms with van der Waals surface area (Å²) in [7, 11) is 0. The van der Waals surface area contributed by atoms with Gasteiger partial charge in [0.25, 0.3) is 12.3 Å². The Labute approximate surface area is 84.3 Å². The maximum Gasteiger partial charge on any atom is 0.266 e. The molecule has 4 nitrogen and oxygen atoms in total. The third-order valence-corrected chi connectivity index (χ3v) is 1.98. The second kappa shape index (κ2) is 4.00. The fraction of sp³-hybridized carbons (Fsp3) is 0.222. The van der Waals surface area contributed by atoms with Crippen LogP contribution in [0.4, 0.5) is 8.78 Å². The fourth-order valence-electron chi connectivity index (χ4n) is 1.22. The van der Waals surface area contributed by atoms with Gasteiger partial charge in [-0.05, 0) is 12.5 Å². The summed E-state index contributed by atoms with van der Waals surface area (Å²) in [6.07, 6.45) is -1.83. The molecule has 0 bridgehead atoms. The number of nitrogens with zero attached hydrogens (tertiary/aromatic N) is 2. The molecule has 1 heterocycles. The van der Waals surface area contributed by atoms with Crippen LogP contribution in [-0.4, -0.2) is 10.9 Å². The second-order valence-corrected chi connectivity index (χ2v) is 2.84. The highest BCUT2D eigenvalue weighted by Crippen LogP contribution is 2.26. The number of hydrogen-bond acceptors (Lipinski definition) is 3. The smallest absolute Gasteiger partial charge is 0.266 e. The van der Waals surface area contributed by atoms with Crippen LogP contribution < -0.4 is 5.73 Å². The van der Waals surface area contributed by atoms with Crippen LogP contribution in [0.15, 0.2) is 6.20 Å². The number of aromatic nitrogens is 1. The van der Waals surface area contributed by atoms with Crippen molar-refractivity contribution < 1.29 is 13.6 Å². The van der Waals surface area contributed by atoms with E-state index in [9.17, 15) is 13.6 Å². The molecule has 0 aliphatic carbocycles. The summed E-state index contributed by atoms with van der Waals surface area (Å²) >= 11 is 0. The first-order chi connectivity index (χ1) is 6.99. The topological polar surface area (TPSA) is 79.8 Å². The molecule has 1 rings (SSSR count). The zero-order chi connectivity index (χ0) is 11.6. The molecule has 15 heavy (non-hydrogen) atoms. The van der Waals surface area contributed by atoms with E-state index in [0.717, 1.165) is 6.20 Å². The Balaban J connectivity index is 3.51. The Morgan fingerprint density at radius 1 is 1.67 bits per heavy atom. The van der Waals surface area contributed by atoms with E-state index in [-0.39, 0.29) is 16.8 Å². The first-order valence-corrected chi connectivity index (χ1v) is 3.96. The van der Waals surface area contributed by atoms with Crippen LogP contribution >= 0.6 is 0 Å². The van der Waals surface area contributed by atoms with Crippen molar-refractivity contribution in [1.29, 1.82) is 5.26 Å². The maximum atomic E-state index is 12.6. The lowest BCUT2D eigenvalue weighted by atomic mass is 10.0. The number of amides is 1. The van der Waals surface area contributed by atoms with E-state index in [2.05, 4.69) is 4.98 Å². The van der Waals surface area contributed by atoms with Gasteiger partial charge in [-0.25, -0.2) is 13.8 Å². The molecule has 0 spiro atoms. The summed E-state index contributed by atoms with van der Waals surface area (Å²) in [5, 5.41) is 8.56. The fourth-order valence-corrected chi connectivity index (χ4v) is 1.22. The highest BCUT2D eigenvalue weighted by Gasteiger charge is 2.21. The maximum absolute atomic E-state index is 12.6. The number of alkyl halides is 2. The number of carbonyl (C=O) groups excluding carboxylic acids is 1. The predicted molar refractivity (Wildman–Crippen MR) is 47.2 cm³/mol. The average Bonchev–Trinajstić information content (AvgIpc) is 2.15. The molecule has 0 aromatic carbocycles. The lowest BCUT2D eigenvalue weighted by Crippen LogP contribution is -2.15. The van der Waals surface area contributed by atoms with Gasteiger partial charge in [0.15, 0.2) is 0 Å². The van der Waals surface area contributed by atoms with Gasteiger partial charge in [-0.15, -0.1) is 0 Å².